The van der Waals surface area contributed by atoms with E-state index in [1.807, 2.05) is 6.08 Å². The first-order valence-corrected chi connectivity index (χ1v) is 4.61. The summed E-state index contributed by atoms with van der Waals surface area (Å²) in [5.41, 5.74) is 5.44. The van der Waals surface area contributed by atoms with Crippen molar-refractivity contribution in [2.45, 2.75) is 27.7 Å². The van der Waals surface area contributed by atoms with E-state index in [1.165, 1.54) is 28.2 Å². The Morgan fingerprint density at radius 3 is 2.31 bits per heavy atom. The monoisotopic (exact) mass is 173 g/mol. The van der Waals surface area contributed by atoms with Crippen LogP contribution in [0.3, 0.4) is 0 Å². The molecule has 69 valence electrons. The van der Waals surface area contributed by atoms with Gasteiger partial charge in [0.25, 0.3) is 0 Å². The summed E-state index contributed by atoms with van der Waals surface area (Å²) in [5.74, 6) is 1.25. The molecule has 0 aliphatic carbocycles. The fourth-order valence-electron chi connectivity index (χ4n) is 1.49. The number of allylic oxidation sites excluding steroid dienone is 1. The van der Waals surface area contributed by atoms with Crippen molar-refractivity contribution in [3.63, 3.8) is 0 Å². The van der Waals surface area contributed by atoms with Gasteiger partial charge in [-0.3, -0.25) is 0 Å². The van der Waals surface area contributed by atoms with E-state index in [1.54, 1.807) is 0 Å². The van der Waals surface area contributed by atoms with Gasteiger partial charge in [-0.2, -0.15) is 0 Å². The molecule has 0 nitrogen and oxygen atoms in total. The van der Waals surface area contributed by atoms with Gasteiger partial charge < -0.3 is 0 Å². The topological polar surface area (TPSA) is 0 Å². The second-order valence-electron chi connectivity index (χ2n) is 3.57. The van der Waals surface area contributed by atoms with Crippen molar-refractivity contribution in [2.24, 2.45) is 0 Å². The van der Waals surface area contributed by atoms with Crippen LogP contribution in [0.15, 0.2) is 24.8 Å². The van der Waals surface area contributed by atoms with Crippen molar-refractivity contribution in [1.29, 1.82) is 0 Å². The predicted molar refractivity (Wildman–Crippen MR) is 58.9 cm³/mol. The van der Waals surface area contributed by atoms with Gasteiger partial charge >= 0.3 is 0 Å². The summed E-state index contributed by atoms with van der Waals surface area (Å²) in [6.07, 6.45) is 1.91. The lowest BCUT2D eigenvalue weighted by atomic mass is 9.91. The SMILES string of the molecule is C=C[C](C)c1ccc(C)c(C)c1C. The zero-order valence-electron chi connectivity index (χ0n) is 8.94. The Kier molecular flexibility index (Phi) is 2.92. The molecule has 0 amide bonds. The summed E-state index contributed by atoms with van der Waals surface area (Å²) in [4.78, 5) is 0. The fraction of sp³-hybridized carbons (Fsp3) is 0.308. The van der Waals surface area contributed by atoms with Crippen LogP contribution in [-0.4, -0.2) is 0 Å². The molecule has 0 aliphatic rings. The largest absolute Gasteiger partial charge is 0.102 e. The molecule has 13 heavy (non-hydrogen) atoms. The van der Waals surface area contributed by atoms with Crippen molar-refractivity contribution in [3.05, 3.63) is 53.0 Å². The lowest BCUT2D eigenvalue weighted by molar-refractivity contribution is 1.16. The molecule has 0 N–H and O–H groups in total. The Bertz CT molecular complexity index is 321. The average Bonchev–Trinajstić information content (AvgIpc) is 2.13. The molecule has 0 atom stereocenters. The van der Waals surface area contributed by atoms with E-state index in [0.717, 1.165) is 0 Å². The van der Waals surface area contributed by atoms with E-state index in [-0.39, 0.29) is 0 Å². The van der Waals surface area contributed by atoms with E-state index >= 15 is 0 Å². The van der Waals surface area contributed by atoms with Gasteiger partial charge in [0.2, 0.25) is 0 Å². The fourth-order valence-corrected chi connectivity index (χ4v) is 1.49. The summed E-state index contributed by atoms with van der Waals surface area (Å²) >= 11 is 0. The zero-order valence-corrected chi connectivity index (χ0v) is 8.94. The van der Waals surface area contributed by atoms with Crippen molar-refractivity contribution in [3.8, 4) is 0 Å². The van der Waals surface area contributed by atoms with Crippen LogP contribution in [0.5, 0.6) is 0 Å². The Hall–Kier alpha value is -1.04. The Morgan fingerprint density at radius 1 is 1.15 bits per heavy atom. The molecule has 1 rings (SSSR count). The molecule has 1 aromatic carbocycles. The minimum absolute atomic E-state index is 1.25. The van der Waals surface area contributed by atoms with E-state index < -0.39 is 0 Å². The maximum absolute atomic E-state index is 3.79. The van der Waals surface area contributed by atoms with E-state index in [0.29, 0.717) is 0 Å². The number of benzene rings is 1. The Balaban J connectivity index is 3.25. The summed E-state index contributed by atoms with van der Waals surface area (Å²) in [6, 6.07) is 4.35. The van der Waals surface area contributed by atoms with Crippen molar-refractivity contribution in [1.82, 2.24) is 0 Å². The first kappa shape index (κ1) is 10.0. The smallest absolute Gasteiger partial charge is 0.0233 e. The lowest BCUT2D eigenvalue weighted by Crippen LogP contribution is -1.97. The molecule has 0 unspecified atom stereocenters. The second kappa shape index (κ2) is 3.78. The van der Waals surface area contributed by atoms with Crippen molar-refractivity contribution >= 4 is 0 Å². The zero-order chi connectivity index (χ0) is 10.0. The van der Waals surface area contributed by atoms with Crippen LogP contribution in [0, 0.1) is 26.7 Å². The molecule has 0 aliphatic heterocycles. The van der Waals surface area contributed by atoms with E-state index in [9.17, 15) is 0 Å². The molecule has 0 heteroatoms. The summed E-state index contributed by atoms with van der Waals surface area (Å²) < 4.78 is 0. The quantitative estimate of drug-likeness (QED) is 0.639. The summed E-state index contributed by atoms with van der Waals surface area (Å²) in [6.45, 7) is 12.4. The van der Waals surface area contributed by atoms with Crippen LogP contribution < -0.4 is 0 Å². The maximum atomic E-state index is 3.79. The molecule has 0 saturated carbocycles. The summed E-state index contributed by atoms with van der Waals surface area (Å²) in [7, 11) is 0. The highest BCUT2D eigenvalue weighted by Gasteiger charge is 2.07. The average molecular weight is 173 g/mol. The Labute approximate surface area is 81.3 Å². The predicted octanol–water partition coefficient (Wildman–Crippen LogP) is 3.74. The number of rotatable bonds is 2. The first-order chi connectivity index (χ1) is 6.07. The van der Waals surface area contributed by atoms with Crippen LogP contribution in [0.2, 0.25) is 0 Å². The van der Waals surface area contributed by atoms with Crippen molar-refractivity contribution in [2.75, 3.05) is 0 Å². The first-order valence-electron chi connectivity index (χ1n) is 4.61. The highest BCUT2D eigenvalue weighted by Crippen LogP contribution is 2.23. The molecule has 0 aromatic heterocycles. The standard InChI is InChI=1S/C13H17/c1-6-9(2)13-8-7-10(3)11(4)12(13)5/h6-8H,1H2,2-5H3. The van der Waals surface area contributed by atoms with Crippen LogP contribution in [0.4, 0.5) is 0 Å². The molecule has 0 bridgehead atoms. The third-order valence-electron chi connectivity index (χ3n) is 2.79. The lowest BCUT2D eigenvalue weighted by Gasteiger charge is -2.13. The number of aryl methyl sites for hydroxylation is 1. The highest BCUT2D eigenvalue weighted by atomic mass is 14.1. The Morgan fingerprint density at radius 2 is 1.77 bits per heavy atom. The minimum Gasteiger partial charge on any atom is -0.102 e. The van der Waals surface area contributed by atoms with Crippen LogP contribution in [0.25, 0.3) is 0 Å². The van der Waals surface area contributed by atoms with Gasteiger partial charge in [-0.25, -0.2) is 0 Å². The third kappa shape index (κ3) is 1.82. The van der Waals surface area contributed by atoms with Gasteiger partial charge in [0.1, 0.15) is 0 Å². The van der Waals surface area contributed by atoms with Crippen molar-refractivity contribution < 1.29 is 0 Å². The molecular weight excluding hydrogens is 156 g/mol. The third-order valence-corrected chi connectivity index (χ3v) is 2.79. The highest BCUT2D eigenvalue weighted by molar-refractivity contribution is 5.47. The normalized spacial score (nSPS) is 10.5. The maximum Gasteiger partial charge on any atom is 0.0233 e. The molecule has 0 saturated heterocycles. The number of hydrogen-bond donors (Lipinski definition) is 0. The van der Waals surface area contributed by atoms with Gasteiger partial charge in [-0.1, -0.05) is 25.1 Å². The van der Waals surface area contributed by atoms with Crippen LogP contribution in [-0.2, 0) is 0 Å². The minimum atomic E-state index is 1.25. The number of hydrogen-bond acceptors (Lipinski definition) is 0. The van der Waals surface area contributed by atoms with Gasteiger partial charge in [0.05, 0.1) is 0 Å². The molecule has 0 heterocycles. The summed E-state index contributed by atoms with van der Waals surface area (Å²) in [5, 5.41) is 0. The molecule has 1 aromatic rings. The molecule has 0 spiro atoms. The van der Waals surface area contributed by atoms with Gasteiger partial charge in [0.15, 0.2) is 0 Å². The van der Waals surface area contributed by atoms with Crippen LogP contribution >= 0.6 is 0 Å². The van der Waals surface area contributed by atoms with E-state index in [4.69, 9.17) is 0 Å². The molecular formula is C13H17. The second-order valence-corrected chi connectivity index (χ2v) is 3.57. The van der Waals surface area contributed by atoms with Gasteiger partial charge in [-0.05, 0) is 43.0 Å². The van der Waals surface area contributed by atoms with Crippen LogP contribution in [0.1, 0.15) is 29.2 Å². The molecule has 0 fully saturated rings. The van der Waals surface area contributed by atoms with E-state index in [2.05, 4.69) is 46.4 Å². The van der Waals surface area contributed by atoms with Gasteiger partial charge in [0, 0.05) is 5.92 Å². The molecule has 1 radical (unpaired) electrons. The van der Waals surface area contributed by atoms with Gasteiger partial charge in [-0.15, -0.1) is 6.58 Å².